The molecule has 0 unspecified atom stereocenters. The fourth-order valence-electron chi connectivity index (χ4n) is 4.70. The summed E-state index contributed by atoms with van der Waals surface area (Å²) in [6, 6.07) is 22.9. The molecule has 0 bridgehead atoms. The molecule has 1 saturated heterocycles. The molecule has 3 aromatic carbocycles. The highest BCUT2D eigenvalue weighted by molar-refractivity contribution is 5.99. The lowest BCUT2D eigenvalue weighted by Gasteiger charge is -2.25. The van der Waals surface area contributed by atoms with Crippen LogP contribution in [0.25, 0.3) is 16.9 Å². The molecule has 0 aliphatic carbocycles. The zero-order valence-corrected chi connectivity index (χ0v) is 22.3. The van der Waals surface area contributed by atoms with E-state index in [1.807, 2.05) is 67.7 Å². The highest BCUT2D eigenvalue weighted by Crippen LogP contribution is 2.26. The smallest absolute Gasteiger partial charge is 0.257 e. The monoisotopic (exact) mass is 542 g/mol. The second kappa shape index (κ2) is 12.6. The molecule has 0 radical (unpaired) electrons. The predicted molar refractivity (Wildman–Crippen MR) is 150 cm³/mol. The summed E-state index contributed by atoms with van der Waals surface area (Å²) < 4.78 is 27.6. The van der Waals surface area contributed by atoms with Gasteiger partial charge >= 0.3 is 0 Å². The molecule has 5 rings (SSSR count). The van der Waals surface area contributed by atoms with Gasteiger partial charge in [-0.15, -0.1) is 0 Å². The van der Waals surface area contributed by atoms with Gasteiger partial charge in [0.25, 0.3) is 5.91 Å². The molecule has 9 heteroatoms. The van der Waals surface area contributed by atoms with Crippen LogP contribution in [0.2, 0.25) is 0 Å². The minimum atomic E-state index is -0.637. The normalized spacial score (nSPS) is 14.6. The van der Waals surface area contributed by atoms with Crippen molar-refractivity contribution in [2.75, 3.05) is 31.6 Å². The first-order valence-corrected chi connectivity index (χ1v) is 13.3. The molecule has 40 heavy (non-hydrogen) atoms. The van der Waals surface area contributed by atoms with Crippen molar-refractivity contribution in [1.29, 1.82) is 0 Å². The Morgan fingerprint density at radius 1 is 1.10 bits per heavy atom. The Kier molecular flexibility index (Phi) is 8.51. The van der Waals surface area contributed by atoms with Crippen LogP contribution in [0, 0.1) is 5.82 Å². The van der Waals surface area contributed by atoms with Crippen LogP contribution < -0.4 is 10.1 Å². The number of ether oxygens (including phenoxy) is 2. The summed E-state index contributed by atoms with van der Waals surface area (Å²) in [6.07, 6.45) is 3.27. The fraction of sp³-hybridized carbons (Fsp3) is 0.258. The Balaban J connectivity index is 1.43. The van der Waals surface area contributed by atoms with Crippen molar-refractivity contribution in [2.45, 2.75) is 25.9 Å². The van der Waals surface area contributed by atoms with Crippen LogP contribution in [0.4, 0.5) is 10.3 Å². The molecule has 2 heterocycles. The Hall–Kier alpha value is -4.50. The summed E-state index contributed by atoms with van der Waals surface area (Å²) in [5, 5.41) is 2.87. The van der Waals surface area contributed by atoms with Crippen molar-refractivity contribution < 1.29 is 23.5 Å². The van der Waals surface area contributed by atoms with Gasteiger partial charge in [-0.3, -0.25) is 19.5 Å². The maximum atomic E-state index is 14.5. The van der Waals surface area contributed by atoms with E-state index in [2.05, 4.69) is 5.32 Å². The predicted octanol–water partition coefficient (Wildman–Crippen LogP) is 5.34. The lowest BCUT2D eigenvalue weighted by molar-refractivity contribution is -0.117. The lowest BCUT2D eigenvalue weighted by Crippen LogP contribution is -2.42. The van der Waals surface area contributed by atoms with E-state index in [0.29, 0.717) is 24.7 Å². The first-order valence-electron chi connectivity index (χ1n) is 13.3. The van der Waals surface area contributed by atoms with E-state index in [1.165, 1.54) is 23.1 Å². The molecule has 1 N–H and O–H groups in total. The van der Waals surface area contributed by atoms with Crippen molar-refractivity contribution >= 4 is 17.8 Å². The SMILES string of the molecule is CCOc1cccc(-n2cc(-c3ccccc3)nc2NC(=O)CN(C[C@@H]2CCCO2)C(=O)c2ccccc2F)c1. The van der Waals surface area contributed by atoms with Crippen molar-refractivity contribution in [1.82, 2.24) is 14.5 Å². The number of amides is 2. The van der Waals surface area contributed by atoms with E-state index in [9.17, 15) is 14.0 Å². The van der Waals surface area contributed by atoms with Crippen LogP contribution in [0.5, 0.6) is 5.75 Å². The summed E-state index contributed by atoms with van der Waals surface area (Å²) in [5.41, 5.74) is 2.20. The van der Waals surface area contributed by atoms with Crippen LogP contribution in [0.3, 0.4) is 0 Å². The van der Waals surface area contributed by atoms with Crippen LogP contribution in [-0.2, 0) is 9.53 Å². The van der Waals surface area contributed by atoms with Gasteiger partial charge in [-0.05, 0) is 44.0 Å². The molecule has 4 aromatic rings. The van der Waals surface area contributed by atoms with E-state index >= 15 is 0 Å². The van der Waals surface area contributed by atoms with Gasteiger partial charge in [-0.2, -0.15) is 0 Å². The maximum Gasteiger partial charge on any atom is 0.257 e. The van der Waals surface area contributed by atoms with Gasteiger partial charge in [-0.1, -0.05) is 48.5 Å². The van der Waals surface area contributed by atoms with Gasteiger partial charge in [-0.25, -0.2) is 9.37 Å². The Labute approximate surface area is 232 Å². The number of carbonyl (C=O) groups is 2. The Bertz CT molecular complexity index is 1470. The number of nitrogens with zero attached hydrogens (tertiary/aromatic N) is 3. The summed E-state index contributed by atoms with van der Waals surface area (Å²) in [6.45, 7) is 2.91. The second-order valence-corrected chi connectivity index (χ2v) is 9.46. The first kappa shape index (κ1) is 27.1. The summed E-state index contributed by atoms with van der Waals surface area (Å²) in [4.78, 5) is 32.8. The molecule has 1 aliphatic rings. The van der Waals surface area contributed by atoms with Crippen molar-refractivity contribution in [3.05, 3.63) is 96.4 Å². The standard InChI is InChI=1S/C31H31FN4O4/c1-2-39-24-13-8-12-23(18-24)36-20-28(22-10-4-3-5-11-22)33-31(36)34-29(37)21-35(19-25-14-9-17-40-25)30(38)26-15-6-7-16-27(26)32/h3-8,10-13,15-16,18,20,25H,2,9,14,17,19,21H2,1H3,(H,33,34,37)/t25-/m0/s1. The summed E-state index contributed by atoms with van der Waals surface area (Å²) in [5.74, 6) is -0.697. The number of aromatic nitrogens is 2. The largest absolute Gasteiger partial charge is 0.494 e. The van der Waals surface area contributed by atoms with E-state index in [4.69, 9.17) is 14.5 Å². The van der Waals surface area contributed by atoms with Crippen molar-refractivity contribution in [3.8, 4) is 22.7 Å². The van der Waals surface area contributed by atoms with E-state index in [-0.39, 0.29) is 30.7 Å². The summed E-state index contributed by atoms with van der Waals surface area (Å²) >= 11 is 0. The fourth-order valence-corrected chi connectivity index (χ4v) is 4.70. The first-order chi connectivity index (χ1) is 19.5. The molecule has 206 valence electrons. The van der Waals surface area contributed by atoms with E-state index < -0.39 is 17.6 Å². The number of nitrogens with one attached hydrogen (secondary N) is 1. The number of benzene rings is 3. The van der Waals surface area contributed by atoms with Gasteiger partial charge in [0.05, 0.1) is 29.7 Å². The van der Waals surface area contributed by atoms with Gasteiger partial charge < -0.3 is 14.4 Å². The number of anilines is 1. The van der Waals surface area contributed by atoms with Crippen LogP contribution >= 0.6 is 0 Å². The Morgan fingerprint density at radius 2 is 1.90 bits per heavy atom. The average molecular weight is 543 g/mol. The Morgan fingerprint density at radius 3 is 2.65 bits per heavy atom. The average Bonchev–Trinajstić information content (AvgIpc) is 3.64. The van der Waals surface area contributed by atoms with Gasteiger partial charge in [0.2, 0.25) is 11.9 Å². The van der Waals surface area contributed by atoms with Gasteiger partial charge in [0.1, 0.15) is 18.1 Å². The zero-order valence-electron chi connectivity index (χ0n) is 22.3. The third-order valence-corrected chi connectivity index (χ3v) is 6.61. The van der Waals surface area contributed by atoms with Crippen molar-refractivity contribution in [2.24, 2.45) is 0 Å². The van der Waals surface area contributed by atoms with E-state index in [1.54, 1.807) is 10.6 Å². The molecular weight excluding hydrogens is 511 g/mol. The van der Waals surface area contributed by atoms with Crippen LogP contribution in [-0.4, -0.2) is 58.7 Å². The number of hydrogen-bond acceptors (Lipinski definition) is 5. The number of halogens is 1. The molecule has 8 nitrogen and oxygen atoms in total. The van der Waals surface area contributed by atoms with Crippen molar-refractivity contribution in [3.63, 3.8) is 0 Å². The van der Waals surface area contributed by atoms with E-state index in [0.717, 1.165) is 24.1 Å². The molecule has 0 saturated carbocycles. The maximum absolute atomic E-state index is 14.5. The van der Waals surface area contributed by atoms with Crippen LogP contribution in [0.1, 0.15) is 30.1 Å². The minimum Gasteiger partial charge on any atom is -0.494 e. The summed E-state index contributed by atoms with van der Waals surface area (Å²) in [7, 11) is 0. The highest BCUT2D eigenvalue weighted by atomic mass is 19.1. The van der Waals surface area contributed by atoms with Gasteiger partial charge in [0, 0.05) is 31.0 Å². The second-order valence-electron chi connectivity index (χ2n) is 9.46. The lowest BCUT2D eigenvalue weighted by atomic mass is 10.1. The third-order valence-electron chi connectivity index (χ3n) is 6.61. The molecule has 2 amide bonds. The molecule has 1 aromatic heterocycles. The zero-order chi connectivity index (χ0) is 27.9. The van der Waals surface area contributed by atoms with Crippen LogP contribution in [0.15, 0.2) is 85.1 Å². The number of imidazole rings is 1. The number of carbonyl (C=O) groups excluding carboxylic acids is 2. The highest BCUT2D eigenvalue weighted by Gasteiger charge is 2.27. The van der Waals surface area contributed by atoms with Gasteiger partial charge in [0.15, 0.2) is 0 Å². The quantitative estimate of drug-likeness (QED) is 0.293. The molecule has 1 fully saturated rings. The molecular formula is C31H31FN4O4. The molecule has 1 aliphatic heterocycles. The molecule has 1 atom stereocenters. The minimum absolute atomic E-state index is 0.0890. The molecule has 0 spiro atoms. The number of hydrogen-bond donors (Lipinski definition) is 1. The topological polar surface area (TPSA) is 85.7 Å². The third kappa shape index (κ3) is 6.38. The number of rotatable bonds is 10.